The van der Waals surface area contributed by atoms with E-state index in [9.17, 15) is 13.6 Å². The zero-order valence-electron chi connectivity index (χ0n) is 14.3. The highest BCUT2D eigenvalue weighted by molar-refractivity contribution is 5.95. The second kappa shape index (κ2) is 7.99. The number of hydrogen-bond donors (Lipinski definition) is 1. The summed E-state index contributed by atoms with van der Waals surface area (Å²) in [6, 6.07) is 4.29. The van der Waals surface area contributed by atoms with Crippen LogP contribution in [0.3, 0.4) is 0 Å². The van der Waals surface area contributed by atoms with Crippen molar-refractivity contribution in [1.82, 2.24) is 9.80 Å². The molecule has 0 unspecified atom stereocenters. The Balaban J connectivity index is 1.56. The molecule has 1 heterocycles. The summed E-state index contributed by atoms with van der Waals surface area (Å²) in [6.45, 7) is 1.18. The van der Waals surface area contributed by atoms with Crippen LogP contribution in [0.4, 0.5) is 14.5 Å². The fourth-order valence-electron chi connectivity index (χ4n) is 3.74. The van der Waals surface area contributed by atoms with Crippen LogP contribution in [0.5, 0.6) is 5.75 Å². The molecule has 1 aromatic rings. The summed E-state index contributed by atoms with van der Waals surface area (Å²) in [7, 11) is 0. The molecule has 138 valence electrons. The highest BCUT2D eigenvalue weighted by atomic mass is 19.3. The zero-order valence-corrected chi connectivity index (χ0v) is 14.3. The molecule has 0 bridgehead atoms. The lowest BCUT2D eigenvalue weighted by molar-refractivity contribution is -0.0493. The van der Waals surface area contributed by atoms with Crippen LogP contribution in [0.25, 0.3) is 0 Å². The highest BCUT2D eigenvalue weighted by Crippen LogP contribution is 2.27. The van der Waals surface area contributed by atoms with Gasteiger partial charge in [-0.3, -0.25) is 9.69 Å². The molecule has 1 aromatic carbocycles. The number of piperazine rings is 1. The molecule has 0 aromatic heterocycles. The molecular weight excluding hydrogens is 328 g/mol. The van der Waals surface area contributed by atoms with Gasteiger partial charge in [0.1, 0.15) is 5.75 Å². The van der Waals surface area contributed by atoms with Crippen LogP contribution in [0.1, 0.15) is 36.0 Å². The van der Waals surface area contributed by atoms with Crippen molar-refractivity contribution in [2.75, 3.05) is 38.5 Å². The molecule has 1 amide bonds. The number of hydrogen-bond acceptors (Lipinski definition) is 4. The fourth-order valence-corrected chi connectivity index (χ4v) is 3.74. The maximum atomic E-state index is 12.6. The van der Waals surface area contributed by atoms with E-state index >= 15 is 0 Å². The van der Waals surface area contributed by atoms with Gasteiger partial charge in [-0.15, -0.1) is 0 Å². The van der Waals surface area contributed by atoms with E-state index in [-0.39, 0.29) is 17.3 Å². The van der Waals surface area contributed by atoms with E-state index in [1.54, 1.807) is 11.0 Å². The number of rotatable bonds is 5. The summed E-state index contributed by atoms with van der Waals surface area (Å²) in [5.74, 6) is 0.480. The summed E-state index contributed by atoms with van der Waals surface area (Å²) in [5.41, 5.74) is 6.05. The van der Waals surface area contributed by atoms with Crippen molar-refractivity contribution in [3.8, 4) is 5.75 Å². The van der Waals surface area contributed by atoms with Gasteiger partial charge in [-0.05, 0) is 37.0 Å². The third-order valence-corrected chi connectivity index (χ3v) is 5.13. The molecule has 1 saturated heterocycles. The van der Waals surface area contributed by atoms with Gasteiger partial charge in [0, 0.05) is 38.3 Å². The minimum atomic E-state index is -2.97. The number of alkyl halides is 2. The van der Waals surface area contributed by atoms with Crippen LogP contribution in [0, 0.1) is 5.92 Å². The van der Waals surface area contributed by atoms with Crippen molar-refractivity contribution in [3.05, 3.63) is 23.8 Å². The minimum Gasteiger partial charge on any atom is -0.433 e. The first kappa shape index (κ1) is 17.9. The fraction of sp³-hybridized carbons (Fsp3) is 0.611. The van der Waals surface area contributed by atoms with E-state index in [0.717, 1.165) is 25.6 Å². The Bertz CT molecular complexity index is 598. The van der Waals surface area contributed by atoms with Gasteiger partial charge in [0.15, 0.2) is 0 Å². The molecule has 1 saturated carbocycles. The van der Waals surface area contributed by atoms with Crippen LogP contribution in [0.2, 0.25) is 0 Å². The molecule has 25 heavy (non-hydrogen) atoms. The largest absolute Gasteiger partial charge is 0.433 e. The summed E-state index contributed by atoms with van der Waals surface area (Å²) >= 11 is 0. The zero-order chi connectivity index (χ0) is 17.8. The van der Waals surface area contributed by atoms with Gasteiger partial charge in [0.25, 0.3) is 5.91 Å². The Kier molecular flexibility index (Phi) is 5.73. The van der Waals surface area contributed by atoms with E-state index in [1.807, 2.05) is 0 Å². The van der Waals surface area contributed by atoms with Gasteiger partial charge in [-0.25, -0.2) is 0 Å². The van der Waals surface area contributed by atoms with Crippen molar-refractivity contribution < 1.29 is 18.3 Å². The average Bonchev–Trinajstić information content (AvgIpc) is 3.09. The number of anilines is 1. The first-order valence-corrected chi connectivity index (χ1v) is 8.89. The van der Waals surface area contributed by atoms with E-state index in [4.69, 9.17) is 5.73 Å². The molecule has 7 heteroatoms. The number of benzene rings is 1. The molecule has 1 aliphatic heterocycles. The van der Waals surface area contributed by atoms with Crippen molar-refractivity contribution >= 4 is 11.6 Å². The molecular formula is C18H25F2N3O2. The van der Waals surface area contributed by atoms with Crippen LogP contribution >= 0.6 is 0 Å². The molecule has 3 rings (SSSR count). The van der Waals surface area contributed by atoms with Gasteiger partial charge in [0.05, 0.1) is 5.69 Å². The second-order valence-electron chi connectivity index (χ2n) is 6.87. The second-order valence-corrected chi connectivity index (χ2v) is 6.87. The number of halogens is 2. The van der Waals surface area contributed by atoms with Gasteiger partial charge in [-0.1, -0.05) is 12.8 Å². The SMILES string of the molecule is Nc1ccc(C(=O)N2CCN(CC3CCCC3)CC2)cc1OC(F)F. The number of nitrogens with two attached hydrogens (primary N) is 1. The lowest BCUT2D eigenvalue weighted by Crippen LogP contribution is -2.49. The lowest BCUT2D eigenvalue weighted by Gasteiger charge is -2.36. The van der Waals surface area contributed by atoms with E-state index in [0.29, 0.717) is 18.7 Å². The van der Waals surface area contributed by atoms with E-state index in [2.05, 4.69) is 9.64 Å². The molecule has 0 spiro atoms. The van der Waals surface area contributed by atoms with Crippen molar-refractivity contribution in [1.29, 1.82) is 0 Å². The summed E-state index contributed by atoms with van der Waals surface area (Å²) < 4.78 is 29.2. The number of nitrogen functional groups attached to an aromatic ring is 1. The lowest BCUT2D eigenvalue weighted by atomic mass is 10.1. The third-order valence-electron chi connectivity index (χ3n) is 5.13. The third kappa shape index (κ3) is 4.60. The van der Waals surface area contributed by atoms with Crippen molar-refractivity contribution in [2.45, 2.75) is 32.3 Å². The Labute approximate surface area is 146 Å². The first-order valence-electron chi connectivity index (χ1n) is 8.89. The van der Waals surface area contributed by atoms with Gasteiger partial charge in [0.2, 0.25) is 0 Å². The van der Waals surface area contributed by atoms with Crippen LogP contribution in [-0.2, 0) is 0 Å². The Morgan fingerprint density at radius 3 is 2.52 bits per heavy atom. The molecule has 0 atom stereocenters. The predicted octanol–water partition coefficient (Wildman–Crippen LogP) is 2.82. The van der Waals surface area contributed by atoms with Crippen molar-refractivity contribution in [3.63, 3.8) is 0 Å². The van der Waals surface area contributed by atoms with E-state index < -0.39 is 6.61 Å². The van der Waals surface area contributed by atoms with Gasteiger partial charge in [-0.2, -0.15) is 8.78 Å². The maximum absolute atomic E-state index is 12.6. The highest BCUT2D eigenvalue weighted by Gasteiger charge is 2.25. The molecule has 2 fully saturated rings. The van der Waals surface area contributed by atoms with E-state index in [1.165, 1.54) is 37.8 Å². The van der Waals surface area contributed by atoms with Crippen molar-refractivity contribution in [2.24, 2.45) is 5.92 Å². The van der Waals surface area contributed by atoms with Crippen LogP contribution in [-0.4, -0.2) is 55.0 Å². The van der Waals surface area contributed by atoms with Crippen LogP contribution < -0.4 is 10.5 Å². The monoisotopic (exact) mass is 353 g/mol. The summed E-state index contributed by atoms with van der Waals surface area (Å²) in [5, 5.41) is 0. The normalized spacial score (nSPS) is 19.6. The number of carbonyl (C=O) groups is 1. The Morgan fingerprint density at radius 1 is 1.20 bits per heavy atom. The molecule has 2 N–H and O–H groups in total. The smallest absolute Gasteiger partial charge is 0.387 e. The van der Waals surface area contributed by atoms with Crippen LogP contribution in [0.15, 0.2) is 18.2 Å². The quantitative estimate of drug-likeness (QED) is 0.827. The summed E-state index contributed by atoms with van der Waals surface area (Å²) in [6.07, 6.45) is 5.31. The Hall–Kier alpha value is -1.89. The van der Waals surface area contributed by atoms with Gasteiger partial charge >= 0.3 is 6.61 Å². The maximum Gasteiger partial charge on any atom is 0.387 e. The molecule has 1 aliphatic carbocycles. The average molecular weight is 353 g/mol. The molecule has 0 radical (unpaired) electrons. The molecule has 2 aliphatic rings. The topological polar surface area (TPSA) is 58.8 Å². The number of carbonyl (C=O) groups excluding carboxylic acids is 1. The molecule has 5 nitrogen and oxygen atoms in total. The van der Waals surface area contributed by atoms with Gasteiger partial charge < -0.3 is 15.4 Å². The Morgan fingerprint density at radius 2 is 1.88 bits per heavy atom. The minimum absolute atomic E-state index is 0.0956. The first-order chi connectivity index (χ1) is 12.0. The standard InChI is InChI=1S/C18H25F2N3O2/c19-18(20)25-16-11-14(5-6-15(16)21)17(24)23-9-7-22(8-10-23)12-13-3-1-2-4-13/h5-6,11,13,18H,1-4,7-10,12,21H2. The summed E-state index contributed by atoms with van der Waals surface area (Å²) in [4.78, 5) is 16.8. The number of nitrogens with zero attached hydrogens (tertiary/aromatic N) is 2. The number of amides is 1. The number of ether oxygens (including phenoxy) is 1. The predicted molar refractivity (Wildman–Crippen MR) is 91.8 cm³/mol.